The summed E-state index contributed by atoms with van der Waals surface area (Å²) in [5.74, 6) is 1.91. The number of halogens is 1. The zero-order valence-electron chi connectivity index (χ0n) is 14.2. The molecule has 0 atom stereocenters. The van der Waals surface area contributed by atoms with Gasteiger partial charge < -0.3 is 9.72 Å². The number of rotatable bonds is 4. The number of imidazole rings is 1. The van der Waals surface area contributed by atoms with Crippen LogP contribution in [0.25, 0.3) is 22.7 Å². The third-order valence-electron chi connectivity index (χ3n) is 3.98. The van der Waals surface area contributed by atoms with Crippen molar-refractivity contribution in [2.75, 3.05) is 0 Å². The zero-order valence-corrected chi connectivity index (χ0v) is 14.9. The maximum atomic E-state index is 9.57. The maximum absolute atomic E-state index is 9.57. The van der Waals surface area contributed by atoms with Crippen molar-refractivity contribution in [1.29, 1.82) is 5.26 Å². The van der Waals surface area contributed by atoms with E-state index >= 15 is 0 Å². The third kappa shape index (κ3) is 3.84. The average molecular weight is 372 g/mol. The van der Waals surface area contributed by atoms with Crippen molar-refractivity contribution >= 4 is 34.3 Å². The van der Waals surface area contributed by atoms with Gasteiger partial charge in [-0.1, -0.05) is 35.9 Å². The van der Waals surface area contributed by atoms with Crippen LogP contribution in [-0.4, -0.2) is 9.97 Å². The minimum Gasteiger partial charge on any atom is -0.457 e. The second-order valence-corrected chi connectivity index (χ2v) is 6.34. The molecule has 130 valence electrons. The molecule has 0 saturated carbocycles. The first-order chi connectivity index (χ1) is 13.2. The van der Waals surface area contributed by atoms with Crippen molar-refractivity contribution in [3.8, 4) is 17.6 Å². The minimum absolute atomic E-state index is 0.454. The summed E-state index contributed by atoms with van der Waals surface area (Å²) >= 11 is 5.90. The highest BCUT2D eigenvalue weighted by Gasteiger charge is 2.08. The largest absolute Gasteiger partial charge is 0.457 e. The first kappa shape index (κ1) is 16.9. The van der Waals surface area contributed by atoms with E-state index in [9.17, 15) is 5.26 Å². The number of aromatic amines is 1. The molecule has 4 rings (SSSR count). The molecule has 0 amide bonds. The second kappa shape index (κ2) is 7.36. The molecule has 0 saturated heterocycles. The first-order valence-corrected chi connectivity index (χ1v) is 8.69. The summed E-state index contributed by atoms with van der Waals surface area (Å²) in [6.45, 7) is 0. The molecule has 1 aromatic heterocycles. The molecule has 4 nitrogen and oxygen atoms in total. The first-order valence-electron chi connectivity index (χ1n) is 8.32. The van der Waals surface area contributed by atoms with Crippen LogP contribution < -0.4 is 4.74 Å². The van der Waals surface area contributed by atoms with E-state index in [1.54, 1.807) is 30.3 Å². The van der Waals surface area contributed by atoms with E-state index in [0.717, 1.165) is 16.6 Å². The highest BCUT2D eigenvalue weighted by atomic mass is 35.5. The number of fused-ring (bicyclic) bond motifs is 1. The van der Waals surface area contributed by atoms with Crippen molar-refractivity contribution in [3.05, 3.63) is 89.2 Å². The molecule has 0 aliphatic heterocycles. The molecule has 0 fully saturated rings. The Bertz CT molecular complexity index is 1140. The Hall–Kier alpha value is -3.55. The molecule has 27 heavy (non-hydrogen) atoms. The van der Waals surface area contributed by atoms with Gasteiger partial charge in [0.1, 0.15) is 23.4 Å². The van der Waals surface area contributed by atoms with E-state index in [4.69, 9.17) is 16.3 Å². The van der Waals surface area contributed by atoms with Crippen LogP contribution in [0.2, 0.25) is 5.02 Å². The standard InChI is InChI=1S/C22H14ClN3O/c23-17-8-10-18(11-9-17)27-19-5-3-4-15(13-19)12-16(14-24)22-25-20-6-1-2-7-21(20)26-22/h1-13H,(H,25,26)/b16-12-. The topological polar surface area (TPSA) is 61.7 Å². The van der Waals surface area contributed by atoms with Crippen LogP contribution >= 0.6 is 11.6 Å². The Balaban J connectivity index is 1.63. The van der Waals surface area contributed by atoms with Crippen LogP contribution in [0.15, 0.2) is 72.8 Å². The summed E-state index contributed by atoms with van der Waals surface area (Å²) < 4.78 is 5.85. The summed E-state index contributed by atoms with van der Waals surface area (Å²) in [7, 11) is 0. The number of para-hydroxylation sites is 2. The molecule has 1 N–H and O–H groups in total. The molecule has 0 radical (unpaired) electrons. The summed E-state index contributed by atoms with van der Waals surface area (Å²) in [6.07, 6.45) is 1.78. The monoisotopic (exact) mass is 371 g/mol. The Kier molecular flexibility index (Phi) is 4.61. The highest BCUT2D eigenvalue weighted by Crippen LogP contribution is 2.25. The van der Waals surface area contributed by atoms with Crippen LogP contribution in [-0.2, 0) is 0 Å². The molecule has 1 heterocycles. The molecule has 0 aliphatic carbocycles. The van der Waals surface area contributed by atoms with Gasteiger partial charge in [0.15, 0.2) is 0 Å². The van der Waals surface area contributed by atoms with Gasteiger partial charge in [0.2, 0.25) is 0 Å². The van der Waals surface area contributed by atoms with Crippen molar-refractivity contribution in [3.63, 3.8) is 0 Å². The molecule has 3 aromatic carbocycles. The number of hydrogen-bond acceptors (Lipinski definition) is 3. The van der Waals surface area contributed by atoms with Gasteiger partial charge in [-0.05, 0) is 60.2 Å². The van der Waals surface area contributed by atoms with Crippen LogP contribution in [0.4, 0.5) is 0 Å². The van der Waals surface area contributed by atoms with Gasteiger partial charge in [-0.15, -0.1) is 0 Å². The average Bonchev–Trinajstić information content (AvgIpc) is 3.12. The highest BCUT2D eigenvalue weighted by molar-refractivity contribution is 6.30. The normalized spacial score (nSPS) is 11.3. The van der Waals surface area contributed by atoms with Crippen molar-refractivity contribution < 1.29 is 4.74 Å². The van der Waals surface area contributed by atoms with Crippen molar-refractivity contribution in [2.45, 2.75) is 0 Å². The number of aromatic nitrogens is 2. The molecule has 5 heteroatoms. The molecule has 0 spiro atoms. The lowest BCUT2D eigenvalue weighted by atomic mass is 10.1. The lowest BCUT2D eigenvalue weighted by molar-refractivity contribution is 0.482. The Morgan fingerprint density at radius 3 is 2.59 bits per heavy atom. The lowest BCUT2D eigenvalue weighted by Gasteiger charge is -2.06. The van der Waals surface area contributed by atoms with Crippen LogP contribution in [0.1, 0.15) is 11.4 Å². The minimum atomic E-state index is 0.454. The molecular formula is C22H14ClN3O. The number of hydrogen-bond donors (Lipinski definition) is 1. The maximum Gasteiger partial charge on any atom is 0.149 e. The van der Waals surface area contributed by atoms with E-state index in [2.05, 4.69) is 16.0 Å². The molecule has 0 bridgehead atoms. The van der Waals surface area contributed by atoms with Crippen LogP contribution in [0.3, 0.4) is 0 Å². The SMILES string of the molecule is N#C/C(=C/c1cccc(Oc2ccc(Cl)cc2)c1)c1nc2ccccc2[nH]1. The number of nitrogens with one attached hydrogen (secondary N) is 1. The lowest BCUT2D eigenvalue weighted by Crippen LogP contribution is -1.87. The van der Waals surface area contributed by atoms with Gasteiger partial charge >= 0.3 is 0 Å². The number of nitrogens with zero attached hydrogens (tertiary/aromatic N) is 2. The van der Waals surface area contributed by atoms with Gasteiger partial charge in [0.05, 0.1) is 16.6 Å². The Morgan fingerprint density at radius 1 is 1.00 bits per heavy atom. The Labute approximate surface area is 161 Å². The van der Waals surface area contributed by atoms with Gasteiger partial charge in [0, 0.05) is 5.02 Å². The van der Waals surface area contributed by atoms with E-state index in [1.807, 2.05) is 48.5 Å². The van der Waals surface area contributed by atoms with E-state index < -0.39 is 0 Å². The van der Waals surface area contributed by atoms with E-state index in [1.165, 1.54) is 0 Å². The second-order valence-electron chi connectivity index (χ2n) is 5.90. The van der Waals surface area contributed by atoms with Crippen LogP contribution in [0, 0.1) is 11.3 Å². The van der Waals surface area contributed by atoms with Crippen LogP contribution in [0.5, 0.6) is 11.5 Å². The fraction of sp³-hybridized carbons (Fsp3) is 0. The summed E-state index contributed by atoms with van der Waals surface area (Å²) in [5.41, 5.74) is 3.02. The van der Waals surface area contributed by atoms with Gasteiger partial charge in [0.25, 0.3) is 0 Å². The molecule has 4 aromatic rings. The molecule has 0 unspecified atom stereocenters. The number of nitriles is 1. The van der Waals surface area contributed by atoms with E-state index in [-0.39, 0.29) is 0 Å². The molecule has 0 aliphatic rings. The molecular weight excluding hydrogens is 358 g/mol. The number of ether oxygens (including phenoxy) is 1. The Morgan fingerprint density at radius 2 is 1.81 bits per heavy atom. The number of benzene rings is 3. The fourth-order valence-corrected chi connectivity index (χ4v) is 2.83. The summed E-state index contributed by atoms with van der Waals surface area (Å²) in [6, 6.07) is 24.6. The van der Waals surface area contributed by atoms with E-state index in [0.29, 0.717) is 27.9 Å². The van der Waals surface area contributed by atoms with Gasteiger partial charge in [-0.2, -0.15) is 5.26 Å². The quantitative estimate of drug-likeness (QED) is 0.442. The van der Waals surface area contributed by atoms with Gasteiger partial charge in [-0.3, -0.25) is 0 Å². The summed E-state index contributed by atoms with van der Waals surface area (Å²) in [4.78, 5) is 7.67. The number of H-pyrrole nitrogens is 1. The third-order valence-corrected chi connectivity index (χ3v) is 4.24. The zero-order chi connectivity index (χ0) is 18.6. The fourth-order valence-electron chi connectivity index (χ4n) is 2.71. The predicted molar refractivity (Wildman–Crippen MR) is 108 cm³/mol. The van der Waals surface area contributed by atoms with Gasteiger partial charge in [-0.25, -0.2) is 4.98 Å². The predicted octanol–water partition coefficient (Wildman–Crippen LogP) is 6.07. The smallest absolute Gasteiger partial charge is 0.149 e. The van der Waals surface area contributed by atoms with Crippen molar-refractivity contribution in [2.24, 2.45) is 0 Å². The van der Waals surface area contributed by atoms with Crippen molar-refractivity contribution in [1.82, 2.24) is 9.97 Å². The number of allylic oxidation sites excluding steroid dienone is 1. The summed E-state index contributed by atoms with van der Waals surface area (Å²) in [5, 5.41) is 10.2.